The van der Waals surface area contributed by atoms with E-state index in [1.807, 2.05) is 6.07 Å². The Morgan fingerprint density at radius 2 is 2.05 bits per heavy atom. The molecule has 0 amide bonds. The van der Waals surface area contributed by atoms with Crippen LogP contribution in [-0.4, -0.2) is 19.6 Å². The van der Waals surface area contributed by atoms with Crippen LogP contribution < -0.4 is 11.1 Å². The molecule has 1 unspecified atom stereocenters. The topological polar surface area (TPSA) is 64.3 Å². The lowest BCUT2D eigenvalue weighted by Gasteiger charge is -2.27. The summed E-state index contributed by atoms with van der Waals surface area (Å²) in [5.41, 5.74) is 7.72. The van der Waals surface area contributed by atoms with Crippen molar-refractivity contribution in [1.82, 2.24) is 0 Å². The van der Waals surface area contributed by atoms with E-state index in [9.17, 15) is 4.79 Å². The first-order valence-corrected chi connectivity index (χ1v) is 6.47. The smallest absolute Gasteiger partial charge is 0.340 e. The number of nitrogen functional groups attached to an aromatic ring is 1. The largest absolute Gasteiger partial charge is 0.465 e. The minimum Gasteiger partial charge on any atom is -0.465 e. The second-order valence-corrected chi connectivity index (χ2v) is 5.94. The first-order valence-electron chi connectivity index (χ1n) is 6.47. The third-order valence-corrected chi connectivity index (χ3v) is 3.55. The Balaban J connectivity index is 2.78. The Morgan fingerprint density at radius 1 is 1.42 bits per heavy atom. The van der Waals surface area contributed by atoms with E-state index in [1.54, 1.807) is 12.1 Å². The number of nitrogens with two attached hydrogens (primary N) is 1. The third kappa shape index (κ3) is 4.16. The molecule has 3 N–H and O–H groups in total. The van der Waals surface area contributed by atoms with Gasteiger partial charge < -0.3 is 15.8 Å². The van der Waals surface area contributed by atoms with Gasteiger partial charge in [-0.2, -0.15) is 0 Å². The van der Waals surface area contributed by atoms with E-state index in [2.05, 4.69) is 33.0 Å². The van der Waals surface area contributed by atoms with Gasteiger partial charge in [-0.15, -0.1) is 0 Å². The zero-order chi connectivity index (χ0) is 14.6. The molecule has 0 aliphatic heterocycles. The van der Waals surface area contributed by atoms with Crippen molar-refractivity contribution in [3.63, 3.8) is 0 Å². The number of ether oxygens (including phenoxy) is 1. The molecule has 1 aromatic carbocycles. The average molecular weight is 264 g/mol. The lowest BCUT2D eigenvalue weighted by molar-refractivity contribution is 0.0602. The summed E-state index contributed by atoms with van der Waals surface area (Å²) in [5, 5.41) is 3.33. The molecule has 4 heteroatoms. The van der Waals surface area contributed by atoms with Crippen molar-refractivity contribution in [3.05, 3.63) is 23.8 Å². The highest BCUT2D eigenvalue weighted by Gasteiger charge is 2.19. The molecular weight excluding hydrogens is 240 g/mol. The highest BCUT2D eigenvalue weighted by atomic mass is 16.5. The van der Waals surface area contributed by atoms with Crippen LogP contribution in [0.15, 0.2) is 18.2 Å². The fraction of sp³-hybridized carbons (Fsp3) is 0.533. The molecule has 1 rings (SSSR count). The van der Waals surface area contributed by atoms with E-state index in [-0.39, 0.29) is 5.41 Å². The van der Waals surface area contributed by atoms with Crippen LogP contribution in [0.5, 0.6) is 0 Å². The van der Waals surface area contributed by atoms with Gasteiger partial charge in [0.05, 0.1) is 12.7 Å². The Bertz CT molecular complexity index is 450. The van der Waals surface area contributed by atoms with Crippen molar-refractivity contribution >= 4 is 17.3 Å². The second-order valence-electron chi connectivity index (χ2n) is 5.94. The summed E-state index contributed by atoms with van der Waals surface area (Å²) < 4.78 is 4.71. The molecule has 0 aliphatic rings. The number of hydrogen-bond acceptors (Lipinski definition) is 4. The number of carbonyl (C=O) groups is 1. The Morgan fingerprint density at radius 3 is 2.58 bits per heavy atom. The van der Waals surface area contributed by atoms with Crippen LogP contribution >= 0.6 is 0 Å². The van der Waals surface area contributed by atoms with Crippen molar-refractivity contribution < 1.29 is 9.53 Å². The molecule has 1 aromatic rings. The molecule has 0 saturated heterocycles. The molecule has 0 radical (unpaired) electrons. The second kappa shape index (κ2) is 5.95. The molecule has 0 spiro atoms. The minimum absolute atomic E-state index is 0.242. The summed E-state index contributed by atoms with van der Waals surface area (Å²) in [6.07, 6.45) is 0. The van der Waals surface area contributed by atoms with Crippen molar-refractivity contribution in [2.75, 3.05) is 24.7 Å². The van der Waals surface area contributed by atoms with E-state index < -0.39 is 5.97 Å². The van der Waals surface area contributed by atoms with Gasteiger partial charge in [0.15, 0.2) is 0 Å². The van der Waals surface area contributed by atoms with Crippen LogP contribution in [0.2, 0.25) is 0 Å². The Hall–Kier alpha value is -1.71. The van der Waals surface area contributed by atoms with Gasteiger partial charge in [-0.05, 0) is 29.5 Å². The summed E-state index contributed by atoms with van der Waals surface area (Å²) in [6.45, 7) is 9.67. The van der Waals surface area contributed by atoms with Gasteiger partial charge in [0.1, 0.15) is 0 Å². The van der Waals surface area contributed by atoms with Crippen molar-refractivity contribution in [2.45, 2.75) is 27.7 Å². The number of carbonyl (C=O) groups excluding carboxylic acids is 1. The highest BCUT2D eigenvalue weighted by molar-refractivity contribution is 5.96. The summed E-state index contributed by atoms with van der Waals surface area (Å²) in [5.74, 6) is 0.0941. The van der Waals surface area contributed by atoms with Crippen molar-refractivity contribution in [2.24, 2.45) is 11.3 Å². The molecule has 0 aliphatic carbocycles. The van der Waals surface area contributed by atoms with Gasteiger partial charge in [0.25, 0.3) is 0 Å². The standard InChI is InChI=1S/C15H24N2O2/c1-10(15(2,3)4)9-17-11-6-7-13(16)12(8-11)14(18)19-5/h6-8,10,17H,9,16H2,1-5H3. The van der Waals surface area contributed by atoms with Crippen LogP contribution in [0, 0.1) is 11.3 Å². The molecule has 0 heterocycles. The quantitative estimate of drug-likeness (QED) is 0.647. The van der Waals surface area contributed by atoms with Gasteiger partial charge in [-0.1, -0.05) is 27.7 Å². The van der Waals surface area contributed by atoms with E-state index in [0.717, 1.165) is 12.2 Å². The van der Waals surface area contributed by atoms with Gasteiger partial charge in [-0.25, -0.2) is 4.79 Å². The van der Waals surface area contributed by atoms with E-state index in [4.69, 9.17) is 10.5 Å². The number of benzene rings is 1. The van der Waals surface area contributed by atoms with Gasteiger partial charge in [0.2, 0.25) is 0 Å². The number of rotatable bonds is 4. The van der Waals surface area contributed by atoms with E-state index >= 15 is 0 Å². The molecule has 106 valence electrons. The summed E-state index contributed by atoms with van der Waals surface area (Å²) in [7, 11) is 1.35. The zero-order valence-corrected chi connectivity index (χ0v) is 12.4. The fourth-order valence-electron chi connectivity index (χ4n) is 1.53. The van der Waals surface area contributed by atoms with Crippen molar-refractivity contribution in [1.29, 1.82) is 0 Å². The van der Waals surface area contributed by atoms with Crippen LogP contribution in [-0.2, 0) is 4.74 Å². The Kier molecular flexibility index (Phi) is 4.81. The minimum atomic E-state index is -0.412. The summed E-state index contributed by atoms with van der Waals surface area (Å²) >= 11 is 0. The normalized spacial score (nSPS) is 12.9. The molecule has 0 saturated carbocycles. The van der Waals surface area contributed by atoms with Crippen molar-refractivity contribution in [3.8, 4) is 0 Å². The van der Waals surface area contributed by atoms with Gasteiger partial charge in [-0.3, -0.25) is 0 Å². The number of hydrogen-bond donors (Lipinski definition) is 2. The van der Waals surface area contributed by atoms with E-state index in [1.165, 1.54) is 7.11 Å². The third-order valence-electron chi connectivity index (χ3n) is 3.55. The maximum absolute atomic E-state index is 11.6. The van der Waals surface area contributed by atoms with Crippen LogP contribution in [0.1, 0.15) is 38.1 Å². The van der Waals surface area contributed by atoms with Crippen LogP contribution in [0.3, 0.4) is 0 Å². The number of nitrogens with one attached hydrogen (secondary N) is 1. The predicted molar refractivity (Wildman–Crippen MR) is 79.3 cm³/mol. The molecular formula is C15H24N2O2. The summed E-state index contributed by atoms with van der Waals surface area (Å²) in [4.78, 5) is 11.6. The number of anilines is 2. The summed E-state index contributed by atoms with van der Waals surface area (Å²) in [6, 6.07) is 5.32. The SMILES string of the molecule is COC(=O)c1cc(NCC(C)C(C)(C)C)ccc1N. The van der Waals surface area contributed by atoms with Crippen LogP contribution in [0.25, 0.3) is 0 Å². The molecule has 19 heavy (non-hydrogen) atoms. The predicted octanol–water partition coefficient (Wildman–Crippen LogP) is 3.15. The maximum atomic E-state index is 11.6. The molecule has 4 nitrogen and oxygen atoms in total. The number of esters is 1. The molecule has 0 fully saturated rings. The molecule has 0 aromatic heterocycles. The molecule has 1 atom stereocenters. The maximum Gasteiger partial charge on any atom is 0.340 e. The average Bonchev–Trinajstić information content (AvgIpc) is 2.35. The first-order chi connectivity index (χ1) is 8.75. The zero-order valence-electron chi connectivity index (χ0n) is 12.4. The van der Waals surface area contributed by atoms with Gasteiger partial charge >= 0.3 is 5.97 Å². The van der Waals surface area contributed by atoms with Gasteiger partial charge in [0, 0.05) is 17.9 Å². The first kappa shape index (κ1) is 15.3. The number of methoxy groups -OCH3 is 1. The lowest BCUT2D eigenvalue weighted by Crippen LogP contribution is -2.24. The lowest BCUT2D eigenvalue weighted by atomic mass is 9.82. The monoisotopic (exact) mass is 264 g/mol. The van der Waals surface area contributed by atoms with E-state index in [0.29, 0.717) is 17.2 Å². The highest BCUT2D eigenvalue weighted by Crippen LogP contribution is 2.26. The Labute approximate surface area is 115 Å². The van der Waals surface area contributed by atoms with Crippen LogP contribution in [0.4, 0.5) is 11.4 Å². The fourth-order valence-corrected chi connectivity index (χ4v) is 1.53. The molecule has 0 bridgehead atoms.